The highest BCUT2D eigenvalue weighted by Gasteiger charge is 2.28. The van der Waals surface area contributed by atoms with E-state index in [1.807, 2.05) is 76.4 Å². The fraction of sp³-hybridized carbons (Fsp3) is 0.345. The number of carbonyl (C=O) groups is 1. The summed E-state index contributed by atoms with van der Waals surface area (Å²) in [7, 11) is 0. The van der Waals surface area contributed by atoms with Crippen molar-refractivity contribution in [3.63, 3.8) is 0 Å². The lowest BCUT2D eigenvalue weighted by molar-refractivity contribution is 0.0971. The molecule has 4 aromatic rings. The summed E-state index contributed by atoms with van der Waals surface area (Å²) in [6.45, 7) is 12.6. The van der Waals surface area contributed by atoms with Crippen LogP contribution < -0.4 is 11.4 Å². The molecule has 0 aliphatic carbocycles. The van der Waals surface area contributed by atoms with Gasteiger partial charge in [0.1, 0.15) is 11.6 Å². The number of hydrogen-bond donors (Lipinski definition) is 3. The predicted octanol–water partition coefficient (Wildman–Crippen LogP) is 5.13. The number of Topliss-reactive ketones (excluding diaryl/α,β-unsaturated/α-hetero) is 1. The second kappa shape index (κ2) is 8.97. The number of aromatic nitrogens is 3. The molecule has 0 atom stereocenters. The number of imidazole rings is 1. The van der Waals surface area contributed by atoms with Crippen LogP contribution in [0.3, 0.4) is 0 Å². The van der Waals surface area contributed by atoms with Gasteiger partial charge < -0.3 is 20.0 Å². The number of rotatable bonds is 5. The van der Waals surface area contributed by atoms with Gasteiger partial charge in [-0.3, -0.25) is 10.2 Å². The first-order valence-electron chi connectivity index (χ1n) is 12.1. The zero-order chi connectivity index (χ0) is 26.4. The molecule has 0 radical (unpaired) electrons. The molecule has 2 aromatic carbocycles. The summed E-state index contributed by atoms with van der Waals surface area (Å²) in [6, 6.07) is 15.0. The van der Waals surface area contributed by atoms with E-state index in [1.165, 1.54) is 0 Å². The van der Waals surface area contributed by atoms with Gasteiger partial charge in [-0.05, 0) is 46.7 Å². The number of ketones is 1. The van der Waals surface area contributed by atoms with E-state index in [-0.39, 0.29) is 34.5 Å². The van der Waals surface area contributed by atoms with Crippen molar-refractivity contribution in [1.29, 1.82) is 5.41 Å². The zero-order valence-corrected chi connectivity index (χ0v) is 21.9. The maximum Gasteiger partial charge on any atom is 0.203 e. The number of aromatic hydroxyl groups is 1. The van der Waals surface area contributed by atoms with Crippen molar-refractivity contribution in [1.82, 2.24) is 14.1 Å². The van der Waals surface area contributed by atoms with Crippen molar-refractivity contribution in [2.24, 2.45) is 0 Å². The Bertz CT molecular complexity index is 1460. The van der Waals surface area contributed by atoms with Crippen LogP contribution in [-0.2, 0) is 23.9 Å². The van der Waals surface area contributed by atoms with E-state index in [0.717, 1.165) is 27.7 Å². The van der Waals surface area contributed by atoms with Crippen LogP contribution in [-0.4, -0.2) is 25.0 Å². The number of nitrogens with two attached hydrogens (primary N) is 1. The lowest BCUT2D eigenvalue weighted by atomic mass is 9.78. The quantitative estimate of drug-likeness (QED) is 0.340. The molecule has 0 bridgehead atoms. The fourth-order valence-electron chi connectivity index (χ4n) is 4.50. The number of carbonyl (C=O) groups excluding carboxylic acids is 1. The Morgan fingerprint density at radius 3 is 2.00 bits per heavy atom. The SMILES string of the molecule is CC(C)(C)c1cc(C(=O)Cn2c(=N)n(Cc3ccc(N)nc3)c3ccccc32)cc(C(C)(C)C)c1O. The minimum absolute atomic E-state index is 0.0181. The lowest BCUT2D eigenvalue weighted by Gasteiger charge is -2.28. The molecule has 0 saturated carbocycles. The van der Waals surface area contributed by atoms with E-state index in [1.54, 1.807) is 29.0 Å². The summed E-state index contributed by atoms with van der Waals surface area (Å²) in [5, 5.41) is 20.0. The molecule has 188 valence electrons. The summed E-state index contributed by atoms with van der Waals surface area (Å²) in [4.78, 5) is 17.8. The van der Waals surface area contributed by atoms with Crippen LogP contribution >= 0.6 is 0 Å². The average Bonchev–Trinajstić information content (AvgIpc) is 3.05. The van der Waals surface area contributed by atoms with Crippen molar-refractivity contribution in [2.75, 3.05) is 5.73 Å². The van der Waals surface area contributed by atoms with E-state index in [2.05, 4.69) is 4.98 Å². The number of phenols is 1. The van der Waals surface area contributed by atoms with Gasteiger partial charge in [0, 0.05) is 22.9 Å². The highest BCUT2D eigenvalue weighted by atomic mass is 16.3. The summed E-state index contributed by atoms with van der Waals surface area (Å²) in [6.07, 6.45) is 1.71. The van der Waals surface area contributed by atoms with Gasteiger partial charge in [0.25, 0.3) is 0 Å². The van der Waals surface area contributed by atoms with Gasteiger partial charge in [0.15, 0.2) is 5.78 Å². The number of pyridine rings is 1. The van der Waals surface area contributed by atoms with Gasteiger partial charge in [-0.1, -0.05) is 59.7 Å². The maximum absolute atomic E-state index is 13.7. The second-order valence-electron chi connectivity index (χ2n) is 11.4. The molecule has 4 rings (SSSR count). The van der Waals surface area contributed by atoms with Gasteiger partial charge >= 0.3 is 0 Å². The average molecular weight is 486 g/mol. The minimum Gasteiger partial charge on any atom is -0.507 e. The van der Waals surface area contributed by atoms with Gasteiger partial charge in [-0.2, -0.15) is 0 Å². The third-order valence-corrected chi connectivity index (χ3v) is 6.51. The van der Waals surface area contributed by atoms with Crippen LogP contribution in [0.2, 0.25) is 0 Å². The van der Waals surface area contributed by atoms with Crippen LogP contribution in [0.25, 0.3) is 11.0 Å². The largest absolute Gasteiger partial charge is 0.507 e. The molecule has 4 N–H and O–H groups in total. The minimum atomic E-state index is -0.336. The molecular formula is C29H35N5O2. The molecule has 0 spiro atoms. The van der Waals surface area contributed by atoms with Crippen molar-refractivity contribution >= 4 is 22.6 Å². The Kier molecular flexibility index (Phi) is 6.29. The maximum atomic E-state index is 13.7. The Balaban J connectivity index is 1.79. The highest BCUT2D eigenvalue weighted by Crippen LogP contribution is 2.40. The van der Waals surface area contributed by atoms with E-state index in [0.29, 0.717) is 17.9 Å². The zero-order valence-electron chi connectivity index (χ0n) is 21.9. The van der Waals surface area contributed by atoms with Crippen LogP contribution in [0.1, 0.15) is 68.6 Å². The number of hydrogen-bond acceptors (Lipinski definition) is 5. The summed E-state index contributed by atoms with van der Waals surface area (Å²) in [5.74, 6) is 0.580. The Morgan fingerprint density at radius 1 is 0.944 bits per heavy atom. The van der Waals surface area contributed by atoms with E-state index >= 15 is 0 Å². The van der Waals surface area contributed by atoms with Crippen molar-refractivity contribution in [3.8, 4) is 5.75 Å². The number of nitrogens with one attached hydrogen (secondary N) is 1. The van der Waals surface area contributed by atoms with Crippen LogP contribution in [0.5, 0.6) is 5.75 Å². The smallest absolute Gasteiger partial charge is 0.203 e. The Morgan fingerprint density at radius 2 is 1.50 bits per heavy atom. The number of para-hydroxylation sites is 2. The molecule has 0 aliphatic heterocycles. The Hall–Kier alpha value is -3.87. The third kappa shape index (κ3) is 4.78. The molecule has 0 amide bonds. The molecule has 2 aromatic heterocycles. The monoisotopic (exact) mass is 485 g/mol. The van der Waals surface area contributed by atoms with E-state index < -0.39 is 0 Å². The lowest BCUT2D eigenvalue weighted by Crippen LogP contribution is -2.28. The molecule has 36 heavy (non-hydrogen) atoms. The molecule has 7 nitrogen and oxygen atoms in total. The predicted molar refractivity (Wildman–Crippen MR) is 143 cm³/mol. The van der Waals surface area contributed by atoms with Crippen LogP contribution in [0.4, 0.5) is 5.82 Å². The summed E-state index contributed by atoms with van der Waals surface area (Å²) in [5.41, 5.74) is 9.90. The molecule has 0 unspecified atom stereocenters. The summed E-state index contributed by atoms with van der Waals surface area (Å²) >= 11 is 0. The van der Waals surface area contributed by atoms with Crippen molar-refractivity contribution < 1.29 is 9.90 Å². The first kappa shape index (κ1) is 25.2. The number of fused-ring (bicyclic) bond motifs is 1. The molecule has 0 aliphatic rings. The number of nitrogens with zero attached hydrogens (tertiary/aromatic N) is 3. The first-order chi connectivity index (χ1) is 16.8. The number of nitrogen functional groups attached to an aromatic ring is 1. The van der Waals surface area contributed by atoms with Crippen molar-refractivity contribution in [3.05, 3.63) is 82.6 Å². The van der Waals surface area contributed by atoms with Gasteiger partial charge in [0.05, 0.1) is 24.1 Å². The number of benzene rings is 2. The topological polar surface area (TPSA) is 110 Å². The molecule has 7 heteroatoms. The first-order valence-corrected chi connectivity index (χ1v) is 12.1. The van der Waals surface area contributed by atoms with E-state index in [9.17, 15) is 9.90 Å². The van der Waals surface area contributed by atoms with Crippen LogP contribution in [0.15, 0.2) is 54.7 Å². The number of phenolic OH excluding ortho intramolecular Hbond substituents is 1. The highest BCUT2D eigenvalue weighted by molar-refractivity contribution is 5.97. The molecular weight excluding hydrogens is 450 g/mol. The third-order valence-electron chi connectivity index (χ3n) is 6.51. The molecule has 0 saturated heterocycles. The van der Waals surface area contributed by atoms with Gasteiger partial charge in [-0.25, -0.2) is 4.98 Å². The molecule has 0 fully saturated rings. The van der Waals surface area contributed by atoms with Gasteiger partial charge in [0.2, 0.25) is 5.62 Å². The fourth-order valence-corrected chi connectivity index (χ4v) is 4.50. The standard InChI is InChI=1S/C29H35N5O2/c1-28(2,3)20-13-19(14-21(26(20)36)29(4,5)6)24(35)17-34-23-10-8-7-9-22(23)33(27(34)31)16-18-11-12-25(30)32-15-18/h7-15,31,36H,16-17H2,1-6H3,(H2,30,32). The van der Waals surface area contributed by atoms with Gasteiger partial charge in [-0.15, -0.1) is 0 Å². The van der Waals surface area contributed by atoms with Crippen LogP contribution in [0, 0.1) is 5.41 Å². The second-order valence-corrected chi connectivity index (χ2v) is 11.4. The van der Waals surface area contributed by atoms with E-state index in [4.69, 9.17) is 11.1 Å². The normalized spacial score (nSPS) is 12.3. The summed E-state index contributed by atoms with van der Waals surface area (Å²) < 4.78 is 3.61. The number of anilines is 1. The van der Waals surface area contributed by atoms with Crippen molar-refractivity contribution in [2.45, 2.75) is 65.5 Å². The Labute approximate surface area is 211 Å². The molecule has 2 heterocycles.